The fraction of sp³-hybridized carbons (Fsp3) is 0.682. The van der Waals surface area contributed by atoms with E-state index in [4.69, 9.17) is 0 Å². The lowest BCUT2D eigenvalue weighted by molar-refractivity contribution is -0.127. The molecule has 2 fully saturated rings. The molecule has 2 N–H and O–H groups in total. The van der Waals surface area contributed by atoms with Crippen LogP contribution in [0.2, 0.25) is 0 Å². The molecule has 1 saturated carbocycles. The molecule has 2 amide bonds. The number of rotatable bonds is 8. The van der Waals surface area contributed by atoms with Crippen molar-refractivity contribution in [2.75, 3.05) is 44.2 Å². The quantitative estimate of drug-likeness (QED) is 0.695. The fourth-order valence-electron chi connectivity index (χ4n) is 4.36. The second kappa shape index (κ2) is 11.1. The van der Waals surface area contributed by atoms with Crippen LogP contribution in [0.4, 0.5) is 5.82 Å². The lowest BCUT2D eigenvalue weighted by Gasteiger charge is -2.36. The molecule has 2 aliphatic rings. The first-order chi connectivity index (χ1) is 14.1. The molecule has 1 aliphatic carbocycles. The van der Waals surface area contributed by atoms with E-state index in [0.29, 0.717) is 12.3 Å². The Labute approximate surface area is 174 Å². The predicted octanol–water partition coefficient (Wildman–Crippen LogP) is 1.79. The number of carbonyl (C=O) groups is 2. The number of hydrogen-bond donors (Lipinski definition) is 2. The van der Waals surface area contributed by atoms with Crippen LogP contribution in [-0.4, -0.2) is 67.0 Å². The van der Waals surface area contributed by atoms with Gasteiger partial charge in [-0.25, -0.2) is 4.98 Å². The maximum atomic E-state index is 12.2. The van der Waals surface area contributed by atoms with Crippen LogP contribution in [0.25, 0.3) is 0 Å². The molecule has 7 heteroatoms. The molecule has 2 heterocycles. The number of pyridine rings is 1. The van der Waals surface area contributed by atoms with E-state index in [-0.39, 0.29) is 24.4 Å². The Kier molecular flexibility index (Phi) is 8.28. The van der Waals surface area contributed by atoms with Gasteiger partial charge >= 0.3 is 0 Å². The first kappa shape index (κ1) is 21.6. The topological polar surface area (TPSA) is 77.6 Å². The lowest BCUT2D eigenvalue weighted by Crippen LogP contribution is -2.51. The van der Waals surface area contributed by atoms with Crippen molar-refractivity contribution in [1.82, 2.24) is 20.5 Å². The van der Waals surface area contributed by atoms with Crippen molar-refractivity contribution < 1.29 is 9.59 Å². The van der Waals surface area contributed by atoms with E-state index in [1.165, 1.54) is 19.3 Å². The zero-order valence-corrected chi connectivity index (χ0v) is 17.6. The van der Waals surface area contributed by atoms with E-state index in [2.05, 4.69) is 25.4 Å². The minimum absolute atomic E-state index is 0.00495. The van der Waals surface area contributed by atoms with E-state index in [9.17, 15) is 9.59 Å². The van der Waals surface area contributed by atoms with Crippen molar-refractivity contribution in [2.45, 2.75) is 51.5 Å². The first-order valence-electron chi connectivity index (χ1n) is 11.0. The van der Waals surface area contributed by atoms with Gasteiger partial charge in [-0.15, -0.1) is 0 Å². The summed E-state index contributed by atoms with van der Waals surface area (Å²) in [5.74, 6) is 1.42. The minimum atomic E-state index is -0.110. The molecule has 3 rings (SSSR count). The van der Waals surface area contributed by atoms with Crippen LogP contribution in [0.5, 0.6) is 0 Å². The van der Waals surface area contributed by atoms with E-state index in [1.54, 1.807) is 0 Å². The van der Waals surface area contributed by atoms with Gasteiger partial charge in [-0.05, 0) is 37.8 Å². The average Bonchev–Trinajstić information content (AvgIpc) is 2.74. The molecule has 0 spiro atoms. The largest absolute Gasteiger partial charge is 0.354 e. The fourth-order valence-corrected chi connectivity index (χ4v) is 4.36. The molecular formula is C22H35N5O2. The normalized spacial score (nSPS) is 19.6. The van der Waals surface area contributed by atoms with Gasteiger partial charge in [-0.2, -0.15) is 0 Å². The van der Waals surface area contributed by atoms with Crippen molar-refractivity contribution in [3.05, 3.63) is 24.4 Å². The summed E-state index contributed by atoms with van der Waals surface area (Å²) in [6, 6.07) is 6.04. The zero-order valence-electron chi connectivity index (χ0n) is 17.6. The Morgan fingerprint density at radius 1 is 1.10 bits per heavy atom. The molecule has 0 radical (unpaired) electrons. The maximum Gasteiger partial charge on any atom is 0.239 e. The summed E-state index contributed by atoms with van der Waals surface area (Å²) in [6.07, 6.45) is 8.42. The number of anilines is 1. The number of carbonyl (C=O) groups excluding carboxylic acids is 2. The maximum absolute atomic E-state index is 12.2. The lowest BCUT2D eigenvalue weighted by atomic mass is 9.87. The van der Waals surface area contributed by atoms with Crippen molar-refractivity contribution in [3.8, 4) is 0 Å². The standard InChI is InChI=1S/C22H35N5O2/c1-18(17-26-11-13-27(14-12-26)20-9-5-6-10-23-20)25-22(29)16-24-21(28)15-19-7-3-2-4-8-19/h5-6,9-10,18-19H,2-4,7-8,11-17H2,1H3,(H,24,28)(H,25,29). The molecular weight excluding hydrogens is 366 g/mol. The summed E-state index contributed by atoms with van der Waals surface area (Å²) in [5.41, 5.74) is 0. The Bertz CT molecular complexity index is 640. The molecule has 0 aromatic carbocycles. The Morgan fingerprint density at radius 2 is 1.86 bits per heavy atom. The molecule has 7 nitrogen and oxygen atoms in total. The second-order valence-electron chi connectivity index (χ2n) is 8.43. The second-order valence-corrected chi connectivity index (χ2v) is 8.43. The zero-order chi connectivity index (χ0) is 20.5. The molecule has 1 aromatic heterocycles. The van der Waals surface area contributed by atoms with Crippen LogP contribution in [-0.2, 0) is 9.59 Å². The molecule has 29 heavy (non-hydrogen) atoms. The monoisotopic (exact) mass is 401 g/mol. The highest BCUT2D eigenvalue weighted by atomic mass is 16.2. The summed E-state index contributed by atoms with van der Waals surface area (Å²) in [5, 5.41) is 5.79. The van der Waals surface area contributed by atoms with E-state index < -0.39 is 0 Å². The third-order valence-corrected chi connectivity index (χ3v) is 5.93. The molecule has 1 aromatic rings. The Hall–Kier alpha value is -2.15. The third-order valence-electron chi connectivity index (χ3n) is 5.93. The van der Waals surface area contributed by atoms with Gasteiger partial charge in [0, 0.05) is 51.4 Å². The van der Waals surface area contributed by atoms with Crippen LogP contribution >= 0.6 is 0 Å². The number of piperazine rings is 1. The molecule has 1 aliphatic heterocycles. The number of amides is 2. The summed E-state index contributed by atoms with van der Waals surface area (Å²) in [6.45, 7) is 6.70. The van der Waals surface area contributed by atoms with Gasteiger partial charge in [0.1, 0.15) is 5.82 Å². The SMILES string of the molecule is CC(CN1CCN(c2ccccn2)CC1)NC(=O)CNC(=O)CC1CCCCC1. The molecule has 160 valence electrons. The number of nitrogens with one attached hydrogen (secondary N) is 2. The number of hydrogen-bond acceptors (Lipinski definition) is 5. The van der Waals surface area contributed by atoms with Crippen LogP contribution in [0, 0.1) is 5.92 Å². The van der Waals surface area contributed by atoms with E-state index >= 15 is 0 Å². The van der Waals surface area contributed by atoms with Gasteiger partial charge in [0.15, 0.2) is 0 Å². The van der Waals surface area contributed by atoms with Crippen LogP contribution in [0.1, 0.15) is 45.4 Å². The minimum Gasteiger partial charge on any atom is -0.354 e. The Morgan fingerprint density at radius 3 is 2.55 bits per heavy atom. The molecule has 1 unspecified atom stereocenters. The summed E-state index contributed by atoms with van der Waals surface area (Å²) >= 11 is 0. The van der Waals surface area contributed by atoms with Crippen molar-refractivity contribution in [2.24, 2.45) is 5.92 Å². The van der Waals surface area contributed by atoms with Gasteiger partial charge in [0.05, 0.1) is 6.54 Å². The summed E-state index contributed by atoms with van der Waals surface area (Å²) in [4.78, 5) is 33.3. The van der Waals surface area contributed by atoms with E-state index in [0.717, 1.165) is 51.4 Å². The van der Waals surface area contributed by atoms with Gasteiger partial charge in [0.2, 0.25) is 11.8 Å². The molecule has 0 bridgehead atoms. The first-order valence-corrected chi connectivity index (χ1v) is 11.0. The highest BCUT2D eigenvalue weighted by Gasteiger charge is 2.21. The van der Waals surface area contributed by atoms with Crippen molar-refractivity contribution >= 4 is 17.6 Å². The highest BCUT2D eigenvalue weighted by molar-refractivity contribution is 5.84. The van der Waals surface area contributed by atoms with Crippen LogP contribution in [0.3, 0.4) is 0 Å². The summed E-state index contributed by atoms with van der Waals surface area (Å²) < 4.78 is 0. The van der Waals surface area contributed by atoms with Crippen LogP contribution < -0.4 is 15.5 Å². The number of aromatic nitrogens is 1. The molecule has 1 atom stereocenters. The third kappa shape index (κ3) is 7.31. The molecule has 1 saturated heterocycles. The Balaban J connectivity index is 1.29. The smallest absolute Gasteiger partial charge is 0.239 e. The predicted molar refractivity (Wildman–Crippen MR) is 115 cm³/mol. The van der Waals surface area contributed by atoms with Crippen molar-refractivity contribution in [1.29, 1.82) is 0 Å². The summed E-state index contributed by atoms with van der Waals surface area (Å²) in [7, 11) is 0. The highest BCUT2D eigenvalue weighted by Crippen LogP contribution is 2.25. The van der Waals surface area contributed by atoms with Crippen molar-refractivity contribution in [3.63, 3.8) is 0 Å². The van der Waals surface area contributed by atoms with Crippen LogP contribution in [0.15, 0.2) is 24.4 Å². The van der Waals surface area contributed by atoms with Gasteiger partial charge < -0.3 is 15.5 Å². The van der Waals surface area contributed by atoms with Gasteiger partial charge in [-0.3, -0.25) is 14.5 Å². The van der Waals surface area contributed by atoms with Gasteiger partial charge in [0.25, 0.3) is 0 Å². The van der Waals surface area contributed by atoms with Gasteiger partial charge in [-0.1, -0.05) is 25.3 Å². The number of nitrogens with zero attached hydrogens (tertiary/aromatic N) is 3. The average molecular weight is 402 g/mol. The van der Waals surface area contributed by atoms with E-state index in [1.807, 2.05) is 31.3 Å².